The molecule has 0 saturated carbocycles. The van der Waals surface area contributed by atoms with E-state index in [4.69, 9.17) is 0 Å². The van der Waals surface area contributed by atoms with Crippen molar-refractivity contribution in [2.75, 3.05) is 13.6 Å². The normalized spacial score (nSPS) is 12.7. The zero-order valence-corrected chi connectivity index (χ0v) is 19.5. The Morgan fingerprint density at radius 1 is 1.00 bits per heavy atom. The Kier molecular flexibility index (Phi) is 8.95. The lowest BCUT2D eigenvalue weighted by Gasteiger charge is -2.22. The van der Waals surface area contributed by atoms with Crippen molar-refractivity contribution in [2.24, 2.45) is 5.92 Å². The molecule has 0 aliphatic carbocycles. The minimum Gasteiger partial charge on any atom is -0.349 e. The molecule has 2 aromatic rings. The van der Waals surface area contributed by atoms with Crippen molar-refractivity contribution in [3.63, 3.8) is 0 Å². The molecule has 1 unspecified atom stereocenters. The average molecular weight is 445 g/mol. The second kappa shape index (κ2) is 11.2. The van der Waals surface area contributed by atoms with Gasteiger partial charge in [0.25, 0.3) is 0 Å². The molecule has 0 aromatic heterocycles. The largest absolute Gasteiger partial charge is 0.349 e. The Morgan fingerprint density at radius 3 is 2.16 bits per heavy atom. The van der Waals surface area contributed by atoms with Crippen LogP contribution in [0, 0.1) is 5.92 Å². The van der Waals surface area contributed by atoms with Gasteiger partial charge in [0.2, 0.25) is 15.9 Å². The van der Waals surface area contributed by atoms with Gasteiger partial charge in [0.1, 0.15) is 0 Å². The highest BCUT2D eigenvalue weighted by atomic mass is 32.2. The molecule has 7 heteroatoms. The Hall–Kier alpha value is -2.51. The van der Waals surface area contributed by atoms with Gasteiger partial charge in [-0.2, -0.15) is 0 Å². The molecule has 0 aliphatic rings. The van der Waals surface area contributed by atoms with Crippen LogP contribution in [-0.4, -0.2) is 38.0 Å². The lowest BCUT2D eigenvalue weighted by Crippen LogP contribution is -2.31. The van der Waals surface area contributed by atoms with Crippen molar-refractivity contribution >= 4 is 21.7 Å². The van der Waals surface area contributed by atoms with Gasteiger partial charge in [-0.05, 0) is 43.4 Å². The summed E-state index contributed by atoms with van der Waals surface area (Å²) in [6.45, 7) is 5.89. The third kappa shape index (κ3) is 7.29. The summed E-state index contributed by atoms with van der Waals surface area (Å²) in [5.41, 5.74) is 1.53. The Balaban J connectivity index is 1.92. The fourth-order valence-electron chi connectivity index (χ4n) is 3.33. The maximum Gasteiger partial charge on any atom is 0.242 e. The Labute approximate surface area is 185 Å². The van der Waals surface area contributed by atoms with Gasteiger partial charge in [0, 0.05) is 25.6 Å². The van der Waals surface area contributed by atoms with E-state index in [1.807, 2.05) is 30.3 Å². The molecule has 2 rings (SSSR count). The maximum atomic E-state index is 12.7. The molecule has 0 bridgehead atoms. The summed E-state index contributed by atoms with van der Waals surface area (Å²) in [7, 11) is -2.17. The second-order valence-corrected chi connectivity index (χ2v) is 10.2. The number of nitrogens with zero attached hydrogens (tertiary/aromatic N) is 1. The van der Waals surface area contributed by atoms with Crippen molar-refractivity contribution in [3.05, 3.63) is 65.7 Å². The summed E-state index contributed by atoms with van der Waals surface area (Å²) in [6, 6.07) is 15.7. The van der Waals surface area contributed by atoms with Gasteiger partial charge in [0.15, 0.2) is 5.78 Å². The van der Waals surface area contributed by atoms with Crippen LogP contribution in [0.2, 0.25) is 0 Å². The van der Waals surface area contributed by atoms with E-state index in [0.717, 1.165) is 12.0 Å². The molecule has 0 fully saturated rings. The number of carbonyl (C=O) groups is 2. The predicted octanol–water partition coefficient (Wildman–Crippen LogP) is 4.19. The zero-order valence-electron chi connectivity index (χ0n) is 18.7. The number of ketones is 1. The van der Waals surface area contributed by atoms with Crippen LogP contribution < -0.4 is 5.32 Å². The summed E-state index contributed by atoms with van der Waals surface area (Å²) >= 11 is 0. The second-order valence-electron chi connectivity index (χ2n) is 8.17. The van der Waals surface area contributed by atoms with Crippen LogP contribution in [0.15, 0.2) is 59.5 Å². The van der Waals surface area contributed by atoms with Crippen LogP contribution in [-0.2, 0) is 14.8 Å². The van der Waals surface area contributed by atoms with Gasteiger partial charge in [-0.1, -0.05) is 56.3 Å². The highest BCUT2D eigenvalue weighted by Crippen LogP contribution is 2.21. The van der Waals surface area contributed by atoms with Crippen LogP contribution in [0.25, 0.3) is 0 Å². The molecule has 168 valence electrons. The number of amides is 1. The minimum atomic E-state index is -3.67. The SMILES string of the molecule is CC(=O)c1ccc(S(=O)(=O)N(C)CCCC(=O)NC(CC(C)C)c2ccccc2)cc1. The lowest BCUT2D eigenvalue weighted by atomic mass is 9.97. The quantitative estimate of drug-likeness (QED) is 0.527. The smallest absolute Gasteiger partial charge is 0.242 e. The number of benzene rings is 2. The van der Waals surface area contributed by atoms with E-state index in [-0.39, 0.29) is 35.6 Å². The predicted molar refractivity (Wildman–Crippen MR) is 122 cm³/mol. The first-order valence-corrected chi connectivity index (χ1v) is 12.0. The first-order chi connectivity index (χ1) is 14.6. The molecule has 6 nitrogen and oxygen atoms in total. The topological polar surface area (TPSA) is 83.6 Å². The Bertz CT molecular complexity index is 970. The van der Waals surface area contributed by atoms with E-state index >= 15 is 0 Å². The van der Waals surface area contributed by atoms with Crippen molar-refractivity contribution in [2.45, 2.75) is 51.0 Å². The average Bonchev–Trinajstić information content (AvgIpc) is 2.73. The highest BCUT2D eigenvalue weighted by molar-refractivity contribution is 7.89. The molecule has 31 heavy (non-hydrogen) atoms. The van der Waals surface area contributed by atoms with Gasteiger partial charge >= 0.3 is 0 Å². The molecule has 0 radical (unpaired) electrons. The summed E-state index contributed by atoms with van der Waals surface area (Å²) in [4.78, 5) is 24.0. The number of nitrogens with one attached hydrogen (secondary N) is 1. The summed E-state index contributed by atoms with van der Waals surface area (Å²) in [6.07, 6.45) is 1.49. The molecule has 0 saturated heterocycles. The van der Waals surface area contributed by atoms with Crippen LogP contribution >= 0.6 is 0 Å². The van der Waals surface area contributed by atoms with E-state index in [1.54, 1.807) is 0 Å². The van der Waals surface area contributed by atoms with Crippen molar-refractivity contribution in [1.29, 1.82) is 0 Å². The van der Waals surface area contributed by atoms with Gasteiger partial charge in [-0.3, -0.25) is 9.59 Å². The fourth-order valence-corrected chi connectivity index (χ4v) is 4.53. The third-order valence-corrected chi connectivity index (χ3v) is 6.96. The monoisotopic (exact) mass is 444 g/mol. The molecular weight excluding hydrogens is 412 g/mol. The standard InChI is InChI=1S/C24H32N2O4S/c1-18(2)17-23(21-9-6-5-7-10-21)25-24(28)11-8-16-26(4)31(29,30)22-14-12-20(13-15-22)19(3)27/h5-7,9-10,12-15,18,23H,8,11,16-17H2,1-4H3,(H,25,28). The van der Waals surface area contributed by atoms with Crippen molar-refractivity contribution in [3.8, 4) is 0 Å². The first-order valence-electron chi connectivity index (χ1n) is 10.5. The Morgan fingerprint density at radius 2 is 1.61 bits per heavy atom. The maximum absolute atomic E-state index is 12.7. The molecule has 1 N–H and O–H groups in total. The zero-order chi connectivity index (χ0) is 23.0. The fraction of sp³-hybridized carbons (Fsp3) is 0.417. The van der Waals surface area contributed by atoms with Gasteiger partial charge in [0.05, 0.1) is 10.9 Å². The highest BCUT2D eigenvalue weighted by Gasteiger charge is 2.21. The molecule has 0 aliphatic heterocycles. The van der Waals surface area contributed by atoms with Crippen LogP contribution in [0.4, 0.5) is 0 Å². The summed E-state index contributed by atoms with van der Waals surface area (Å²) in [5.74, 6) is 0.219. The van der Waals surface area contributed by atoms with Crippen LogP contribution in [0.5, 0.6) is 0 Å². The number of Topliss-reactive ketones (excluding diaryl/α,β-unsaturated/α-hetero) is 1. The van der Waals surface area contributed by atoms with Crippen LogP contribution in [0.1, 0.15) is 62.0 Å². The molecule has 0 spiro atoms. The van der Waals surface area contributed by atoms with E-state index in [0.29, 0.717) is 17.9 Å². The van der Waals surface area contributed by atoms with E-state index in [9.17, 15) is 18.0 Å². The number of rotatable bonds is 11. The number of hydrogen-bond acceptors (Lipinski definition) is 4. The lowest BCUT2D eigenvalue weighted by molar-refractivity contribution is -0.122. The molecule has 0 heterocycles. The molecular formula is C24H32N2O4S. The van der Waals surface area contributed by atoms with Gasteiger partial charge in [-0.25, -0.2) is 12.7 Å². The number of sulfonamides is 1. The molecule has 2 aromatic carbocycles. The summed E-state index contributed by atoms with van der Waals surface area (Å²) < 4.78 is 26.7. The number of carbonyl (C=O) groups excluding carboxylic acids is 2. The van der Waals surface area contributed by atoms with Gasteiger partial charge < -0.3 is 5.32 Å². The van der Waals surface area contributed by atoms with E-state index in [2.05, 4.69) is 19.2 Å². The summed E-state index contributed by atoms with van der Waals surface area (Å²) in [5, 5.41) is 3.09. The molecule has 1 amide bonds. The van der Waals surface area contributed by atoms with E-state index < -0.39 is 10.0 Å². The van der Waals surface area contributed by atoms with Crippen molar-refractivity contribution < 1.29 is 18.0 Å². The van der Waals surface area contributed by atoms with Crippen molar-refractivity contribution in [1.82, 2.24) is 9.62 Å². The van der Waals surface area contributed by atoms with E-state index in [1.165, 1.54) is 42.5 Å². The minimum absolute atomic E-state index is 0.0602. The van der Waals surface area contributed by atoms with Gasteiger partial charge in [-0.15, -0.1) is 0 Å². The third-order valence-electron chi connectivity index (χ3n) is 5.09. The molecule has 1 atom stereocenters. The number of hydrogen-bond donors (Lipinski definition) is 1. The van der Waals surface area contributed by atoms with Crippen LogP contribution in [0.3, 0.4) is 0 Å². The first kappa shape index (κ1) is 24.8.